The first-order chi connectivity index (χ1) is 21.7. The van der Waals surface area contributed by atoms with Gasteiger partial charge in [-0.3, -0.25) is 19.1 Å². The highest BCUT2D eigenvalue weighted by atomic mass is 15.1. The smallest absolute Gasteiger partial charge is 0.178 e. The SMILES string of the molecule is Cc1nc2ncccc2n1-c1ccccc1-c1cnccc1-c1ccncc1-c1ccccc1-n1c(C)nc2ncccc21. The number of imidazole rings is 2. The third-order valence-corrected chi connectivity index (χ3v) is 8.00. The van der Waals surface area contributed by atoms with Crippen LogP contribution in [0.4, 0.5) is 0 Å². The van der Waals surface area contributed by atoms with E-state index < -0.39 is 0 Å². The van der Waals surface area contributed by atoms with Gasteiger partial charge in [0.15, 0.2) is 11.3 Å². The third kappa shape index (κ3) is 4.07. The second-order valence-corrected chi connectivity index (χ2v) is 10.6. The molecule has 0 amide bonds. The molecular formula is C36H26N8. The van der Waals surface area contributed by atoms with E-state index >= 15 is 0 Å². The van der Waals surface area contributed by atoms with E-state index in [-0.39, 0.29) is 0 Å². The highest BCUT2D eigenvalue weighted by molar-refractivity contribution is 5.95. The molecule has 0 saturated heterocycles. The summed E-state index contributed by atoms with van der Waals surface area (Å²) < 4.78 is 4.33. The van der Waals surface area contributed by atoms with Crippen molar-refractivity contribution in [1.82, 2.24) is 39.0 Å². The summed E-state index contributed by atoms with van der Waals surface area (Å²) in [4.78, 5) is 27.6. The van der Waals surface area contributed by atoms with E-state index in [0.29, 0.717) is 0 Å². The van der Waals surface area contributed by atoms with Crippen LogP contribution >= 0.6 is 0 Å². The topological polar surface area (TPSA) is 87.2 Å². The monoisotopic (exact) mass is 570 g/mol. The molecule has 0 atom stereocenters. The molecule has 0 aliphatic heterocycles. The Bertz CT molecular complexity index is 2170. The molecule has 0 aliphatic rings. The molecule has 8 rings (SSSR count). The number of aromatic nitrogens is 8. The number of benzene rings is 2. The molecule has 0 N–H and O–H groups in total. The molecule has 210 valence electrons. The van der Waals surface area contributed by atoms with Gasteiger partial charge in [-0.1, -0.05) is 36.4 Å². The Balaban J connectivity index is 1.35. The molecule has 6 heterocycles. The summed E-state index contributed by atoms with van der Waals surface area (Å²) in [6, 6.07) is 28.9. The quantitative estimate of drug-likeness (QED) is 0.212. The van der Waals surface area contributed by atoms with E-state index in [2.05, 4.69) is 102 Å². The van der Waals surface area contributed by atoms with Gasteiger partial charge >= 0.3 is 0 Å². The van der Waals surface area contributed by atoms with E-state index in [1.54, 1.807) is 12.4 Å². The van der Waals surface area contributed by atoms with E-state index in [9.17, 15) is 0 Å². The lowest BCUT2D eigenvalue weighted by Gasteiger charge is -2.19. The molecule has 0 aliphatic carbocycles. The minimum atomic E-state index is 0.719. The first-order valence-corrected chi connectivity index (χ1v) is 14.4. The molecule has 8 nitrogen and oxygen atoms in total. The van der Waals surface area contributed by atoms with Crippen molar-refractivity contribution < 1.29 is 0 Å². The highest BCUT2D eigenvalue weighted by Crippen LogP contribution is 2.41. The molecule has 0 fully saturated rings. The van der Waals surface area contributed by atoms with Crippen LogP contribution in [-0.2, 0) is 0 Å². The minimum absolute atomic E-state index is 0.719. The maximum absolute atomic E-state index is 4.74. The molecule has 44 heavy (non-hydrogen) atoms. The van der Waals surface area contributed by atoms with Gasteiger partial charge in [-0.15, -0.1) is 0 Å². The number of hydrogen-bond donors (Lipinski definition) is 0. The van der Waals surface area contributed by atoms with E-state index in [4.69, 9.17) is 9.97 Å². The van der Waals surface area contributed by atoms with Crippen LogP contribution in [0.25, 0.3) is 67.1 Å². The molecule has 0 bridgehead atoms. The van der Waals surface area contributed by atoms with Crippen LogP contribution in [-0.4, -0.2) is 39.0 Å². The summed E-state index contributed by atoms with van der Waals surface area (Å²) >= 11 is 0. The van der Waals surface area contributed by atoms with Crippen molar-refractivity contribution in [1.29, 1.82) is 0 Å². The summed E-state index contributed by atoms with van der Waals surface area (Å²) in [6.45, 7) is 4.02. The third-order valence-electron chi connectivity index (χ3n) is 8.00. The first-order valence-electron chi connectivity index (χ1n) is 14.4. The molecule has 8 heteroatoms. The maximum Gasteiger partial charge on any atom is 0.178 e. The lowest BCUT2D eigenvalue weighted by molar-refractivity contribution is 1.00. The Morgan fingerprint density at radius 1 is 0.432 bits per heavy atom. The molecule has 6 aromatic heterocycles. The van der Waals surface area contributed by atoms with Crippen molar-refractivity contribution in [2.75, 3.05) is 0 Å². The van der Waals surface area contributed by atoms with Crippen molar-refractivity contribution in [2.24, 2.45) is 0 Å². The first kappa shape index (κ1) is 25.7. The molecule has 2 aromatic carbocycles. The van der Waals surface area contributed by atoms with Crippen molar-refractivity contribution in [3.8, 4) is 44.8 Å². The van der Waals surface area contributed by atoms with Crippen LogP contribution < -0.4 is 0 Å². The van der Waals surface area contributed by atoms with Gasteiger partial charge in [0.1, 0.15) is 11.6 Å². The normalized spacial score (nSPS) is 11.4. The predicted molar refractivity (Wildman–Crippen MR) is 173 cm³/mol. The molecule has 0 saturated carbocycles. The fraction of sp³-hybridized carbons (Fsp3) is 0.0556. The lowest BCUT2D eigenvalue weighted by atomic mass is 9.90. The van der Waals surface area contributed by atoms with Gasteiger partial charge in [0.25, 0.3) is 0 Å². The zero-order chi connectivity index (χ0) is 29.6. The van der Waals surface area contributed by atoms with Crippen LogP contribution in [0, 0.1) is 13.8 Å². The Morgan fingerprint density at radius 3 is 1.36 bits per heavy atom. The van der Waals surface area contributed by atoms with Gasteiger partial charge in [0, 0.05) is 59.4 Å². The Labute approximate surface area is 253 Å². The van der Waals surface area contributed by atoms with Crippen LogP contribution in [0.2, 0.25) is 0 Å². The zero-order valence-electron chi connectivity index (χ0n) is 24.1. The van der Waals surface area contributed by atoms with E-state index in [1.807, 2.05) is 50.8 Å². The van der Waals surface area contributed by atoms with E-state index in [0.717, 1.165) is 78.7 Å². The zero-order valence-corrected chi connectivity index (χ0v) is 24.1. The van der Waals surface area contributed by atoms with Gasteiger partial charge in [-0.05, 0) is 73.5 Å². The van der Waals surface area contributed by atoms with Crippen LogP contribution in [0.1, 0.15) is 11.6 Å². The summed E-state index contributed by atoms with van der Waals surface area (Å²) in [7, 11) is 0. The van der Waals surface area contributed by atoms with Gasteiger partial charge in [0.05, 0.1) is 22.4 Å². The maximum atomic E-state index is 4.74. The van der Waals surface area contributed by atoms with Crippen molar-refractivity contribution >= 4 is 22.3 Å². The second kappa shape index (κ2) is 10.4. The van der Waals surface area contributed by atoms with Gasteiger partial charge in [0.2, 0.25) is 0 Å². The fourth-order valence-electron chi connectivity index (χ4n) is 6.14. The molecule has 0 radical (unpaired) electrons. The second-order valence-electron chi connectivity index (χ2n) is 10.6. The van der Waals surface area contributed by atoms with Gasteiger partial charge < -0.3 is 0 Å². The van der Waals surface area contributed by atoms with E-state index in [1.165, 1.54) is 0 Å². The van der Waals surface area contributed by atoms with Crippen molar-refractivity contribution in [3.63, 3.8) is 0 Å². The summed E-state index contributed by atoms with van der Waals surface area (Å²) in [5, 5.41) is 0. The van der Waals surface area contributed by atoms with Crippen LogP contribution in [0.15, 0.2) is 122 Å². The largest absolute Gasteiger partial charge is 0.294 e. The summed E-state index contributed by atoms with van der Waals surface area (Å²) in [6.07, 6.45) is 11.1. The average molecular weight is 571 g/mol. The van der Waals surface area contributed by atoms with Crippen LogP contribution in [0.3, 0.4) is 0 Å². The average Bonchev–Trinajstić information content (AvgIpc) is 3.59. The minimum Gasteiger partial charge on any atom is -0.294 e. The predicted octanol–water partition coefficient (Wildman–Crippen LogP) is 7.56. The van der Waals surface area contributed by atoms with Gasteiger partial charge in [-0.2, -0.15) is 0 Å². The number of aryl methyl sites for hydroxylation is 2. The Kier molecular flexibility index (Phi) is 6.04. The summed E-state index contributed by atoms with van der Waals surface area (Å²) in [5.41, 5.74) is 11.6. The van der Waals surface area contributed by atoms with Crippen LogP contribution in [0.5, 0.6) is 0 Å². The molecule has 8 aromatic rings. The highest BCUT2D eigenvalue weighted by Gasteiger charge is 2.20. The van der Waals surface area contributed by atoms with Gasteiger partial charge in [-0.25, -0.2) is 19.9 Å². The number of hydrogen-bond acceptors (Lipinski definition) is 6. The molecular weight excluding hydrogens is 544 g/mol. The number of pyridine rings is 4. The molecule has 0 spiro atoms. The fourth-order valence-corrected chi connectivity index (χ4v) is 6.14. The van der Waals surface area contributed by atoms with Crippen molar-refractivity contribution in [2.45, 2.75) is 13.8 Å². The number of fused-ring (bicyclic) bond motifs is 2. The molecule has 0 unspecified atom stereocenters. The lowest BCUT2D eigenvalue weighted by Crippen LogP contribution is -2.02. The summed E-state index contributed by atoms with van der Waals surface area (Å²) in [5.74, 6) is 1.74. The Hall–Kier alpha value is -6.02. The number of para-hydroxylation sites is 2. The number of rotatable bonds is 5. The standard InChI is InChI=1S/C36H26N8/c1-23-41-35-33(13-7-17-39-35)43(23)31-11-5-3-9-27(31)29-21-37-19-15-25(29)26-16-20-38-22-30(26)28-10-4-6-12-32(28)44-24(2)42-36-34(44)14-8-18-40-36/h3-22H,1-2H3. The number of nitrogens with zero attached hydrogens (tertiary/aromatic N) is 8. The van der Waals surface area contributed by atoms with Crippen molar-refractivity contribution in [3.05, 3.63) is 134 Å². The Morgan fingerprint density at radius 2 is 0.886 bits per heavy atom.